The highest BCUT2D eigenvalue weighted by Crippen LogP contribution is 2.02. The lowest BCUT2D eigenvalue weighted by Gasteiger charge is -2.27. The van der Waals surface area contributed by atoms with E-state index >= 15 is 0 Å². The van der Waals surface area contributed by atoms with E-state index in [9.17, 15) is 9.59 Å². The summed E-state index contributed by atoms with van der Waals surface area (Å²) < 4.78 is 0. The van der Waals surface area contributed by atoms with Crippen molar-refractivity contribution in [2.45, 2.75) is 19.9 Å². The number of carbonyl (C=O) groups excluding carboxylic acids is 2. The summed E-state index contributed by atoms with van der Waals surface area (Å²) in [5.74, 6) is -0.137. The second-order valence-corrected chi connectivity index (χ2v) is 3.48. The maximum atomic E-state index is 11.4. The average molecular weight is 199 g/mol. The van der Waals surface area contributed by atoms with Crippen molar-refractivity contribution in [1.82, 2.24) is 16.0 Å². The Morgan fingerprint density at radius 3 is 2.57 bits per heavy atom. The molecule has 0 aromatic carbocycles. The van der Waals surface area contributed by atoms with E-state index in [1.807, 2.05) is 6.92 Å². The van der Waals surface area contributed by atoms with Crippen molar-refractivity contribution < 1.29 is 9.59 Å². The topological polar surface area (TPSA) is 70.2 Å². The van der Waals surface area contributed by atoms with Crippen LogP contribution < -0.4 is 16.0 Å². The summed E-state index contributed by atoms with van der Waals surface area (Å²) in [6.45, 7) is 5.56. The minimum Gasteiger partial charge on any atom is -0.355 e. The molecule has 0 aliphatic carbocycles. The maximum absolute atomic E-state index is 11.4. The average Bonchev–Trinajstić information content (AvgIpc) is 2.00. The first-order valence-electron chi connectivity index (χ1n) is 4.94. The first kappa shape index (κ1) is 11.0. The molecule has 14 heavy (non-hydrogen) atoms. The molecule has 0 saturated carbocycles. The Morgan fingerprint density at radius 2 is 2.14 bits per heavy atom. The number of hydrogen-bond acceptors (Lipinski definition) is 3. The number of amides is 2. The van der Waals surface area contributed by atoms with Crippen molar-refractivity contribution in [1.29, 1.82) is 0 Å². The van der Waals surface area contributed by atoms with Crippen LogP contribution in [0.5, 0.6) is 0 Å². The van der Waals surface area contributed by atoms with Gasteiger partial charge in [0.15, 0.2) is 0 Å². The minimum absolute atomic E-state index is 0.0341. The van der Waals surface area contributed by atoms with Crippen LogP contribution in [0.15, 0.2) is 0 Å². The first-order chi connectivity index (χ1) is 6.65. The second-order valence-electron chi connectivity index (χ2n) is 3.48. The molecule has 1 heterocycles. The summed E-state index contributed by atoms with van der Waals surface area (Å²) in [6.07, 6.45) is 0. The number of hydrogen-bond donors (Lipinski definition) is 3. The van der Waals surface area contributed by atoms with Crippen LogP contribution in [-0.2, 0) is 9.59 Å². The largest absolute Gasteiger partial charge is 0.355 e. The Labute approximate surface area is 83.6 Å². The van der Waals surface area contributed by atoms with Crippen molar-refractivity contribution in [3.63, 3.8) is 0 Å². The molecule has 1 unspecified atom stereocenters. The summed E-state index contributed by atoms with van der Waals surface area (Å²) in [4.78, 5) is 22.7. The summed E-state index contributed by atoms with van der Waals surface area (Å²) in [6, 6.07) is -0.442. The molecule has 1 aliphatic heterocycles. The van der Waals surface area contributed by atoms with Crippen LogP contribution in [0.3, 0.4) is 0 Å². The van der Waals surface area contributed by atoms with Crippen LogP contribution in [0.2, 0.25) is 0 Å². The molecule has 1 aliphatic rings. The lowest BCUT2D eigenvalue weighted by Crippen LogP contribution is -2.54. The molecular formula is C9H17N3O2. The standard InChI is InChI=1S/C9H17N3O2/c1-3-11-8(13)6(2)12-9(14)7-4-10-5-7/h6-7,10H,3-5H2,1-2H3,(H,11,13)(H,12,14). The third kappa shape index (κ3) is 2.70. The smallest absolute Gasteiger partial charge is 0.242 e. The molecule has 1 atom stereocenters. The molecule has 0 radical (unpaired) electrons. The van der Waals surface area contributed by atoms with Crippen molar-refractivity contribution in [2.24, 2.45) is 5.92 Å². The van der Waals surface area contributed by atoms with Crippen molar-refractivity contribution in [3.8, 4) is 0 Å². The fraction of sp³-hybridized carbons (Fsp3) is 0.778. The molecule has 5 nitrogen and oxygen atoms in total. The SMILES string of the molecule is CCNC(=O)C(C)NC(=O)C1CNC1. The molecule has 0 aromatic heterocycles. The van der Waals surface area contributed by atoms with Gasteiger partial charge in [-0.05, 0) is 13.8 Å². The van der Waals surface area contributed by atoms with Gasteiger partial charge in [0, 0.05) is 19.6 Å². The van der Waals surface area contributed by atoms with E-state index < -0.39 is 6.04 Å². The number of nitrogens with one attached hydrogen (secondary N) is 3. The lowest BCUT2D eigenvalue weighted by atomic mass is 10.0. The van der Waals surface area contributed by atoms with Gasteiger partial charge < -0.3 is 16.0 Å². The third-order valence-electron chi connectivity index (χ3n) is 2.26. The Kier molecular flexibility index (Phi) is 3.88. The van der Waals surface area contributed by atoms with Gasteiger partial charge in [-0.1, -0.05) is 0 Å². The van der Waals surface area contributed by atoms with E-state index in [1.54, 1.807) is 6.92 Å². The van der Waals surface area contributed by atoms with E-state index in [0.717, 1.165) is 0 Å². The predicted octanol–water partition coefficient (Wildman–Crippen LogP) is -1.15. The van der Waals surface area contributed by atoms with Gasteiger partial charge in [-0.3, -0.25) is 9.59 Å². The highest BCUT2D eigenvalue weighted by atomic mass is 16.2. The van der Waals surface area contributed by atoms with Crippen LogP contribution in [-0.4, -0.2) is 37.5 Å². The van der Waals surface area contributed by atoms with Crippen LogP contribution in [0.25, 0.3) is 0 Å². The Balaban J connectivity index is 2.27. The zero-order valence-electron chi connectivity index (χ0n) is 8.59. The monoisotopic (exact) mass is 199 g/mol. The van der Waals surface area contributed by atoms with Crippen LogP contribution in [0.4, 0.5) is 0 Å². The molecule has 1 fully saturated rings. The Morgan fingerprint density at radius 1 is 1.50 bits per heavy atom. The quantitative estimate of drug-likeness (QED) is 0.535. The van der Waals surface area contributed by atoms with E-state index in [0.29, 0.717) is 19.6 Å². The van der Waals surface area contributed by atoms with E-state index in [1.165, 1.54) is 0 Å². The van der Waals surface area contributed by atoms with Gasteiger partial charge in [0.25, 0.3) is 0 Å². The Hall–Kier alpha value is -1.10. The van der Waals surface area contributed by atoms with E-state index in [-0.39, 0.29) is 17.7 Å². The minimum atomic E-state index is -0.442. The normalized spacial score (nSPS) is 18.1. The number of carbonyl (C=O) groups is 2. The van der Waals surface area contributed by atoms with E-state index in [2.05, 4.69) is 16.0 Å². The third-order valence-corrected chi connectivity index (χ3v) is 2.26. The lowest BCUT2D eigenvalue weighted by molar-refractivity contribution is -0.131. The molecule has 0 aromatic rings. The van der Waals surface area contributed by atoms with Crippen LogP contribution >= 0.6 is 0 Å². The second kappa shape index (κ2) is 4.95. The molecule has 5 heteroatoms. The van der Waals surface area contributed by atoms with Gasteiger partial charge in [0.2, 0.25) is 11.8 Å². The van der Waals surface area contributed by atoms with Crippen molar-refractivity contribution in [2.75, 3.05) is 19.6 Å². The maximum Gasteiger partial charge on any atom is 0.242 e. The summed E-state index contributed by atoms with van der Waals surface area (Å²) in [5, 5.41) is 8.34. The zero-order chi connectivity index (χ0) is 10.6. The van der Waals surface area contributed by atoms with Gasteiger partial charge in [-0.2, -0.15) is 0 Å². The molecule has 1 saturated heterocycles. The summed E-state index contributed by atoms with van der Waals surface area (Å²) in [5.41, 5.74) is 0. The van der Waals surface area contributed by atoms with Gasteiger partial charge in [0.1, 0.15) is 6.04 Å². The first-order valence-corrected chi connectivity index (χ1v) is 4.94. The van der Waals surface area contributed by atoms with Crippen LogP contribution in [0, 0.1) is 5.92 Å². The molecule has 80 valence electrons. The van der Waals surface area contributed by atoms with Gasteiger partial charge in [-0.25, -0.2) is 0 Å². The molecule has 0 bridgehead atoms. The van der Waals surface area contributed by atoms with Crippen molar-refractivity contribution in [3.05, 3.63) is 0 Å². The number of rotatable bonds is 4. The van der Waals surface area contributed by atoms with E-state index in [4.69, 9.17) is 0 Å². The predicted molar refractivity (Wildman–Crippen MR) is 52.6 cm³/mol. The van der Waals surface area contributed by atoms with Gasteiger partial charge in [0.05, 0.1) is 5.92 Å². The fourth-order valence-electron chi connectivity index (χ4n) is 1.20. The van der Waals surface area contributed by atoms with Gasteiger partial charge in [-0.15, -0.1) is 0 Å². The molecular weight excluding hydrogens is 182 g/mol. The Bertz CT molecular complexity index is 226. The molecule has 0 spiro atoms. The summed E-state index contributed by atoms with van der Waals surface area (Å²) >= 11 is 0. The zero-order valence-corrected chi connectivity index (χ0v) is 8.59. The highest BCUT2D eigenvalue weighted by molar-refractivity contribution is 5.88. The summed E-state index contributed by atoms with van der Waals surface area (Å²) in [7, 11) is 0. The highest BCUT2D eigenvalue weighted by Gasteiger charge is 2.26. The fourth-order valence-corrected chi connectivity index (χ4v) is 1.20. The van der Waals surface area contributed by atoms with Gasteiger partial charge >= 0.3 is 0 Å². The van der Waals surface area contributed by atoms with Crippen molar-refractivity contribution >= 4 is 11.8 Å². The molecule has 2 amide bonds. The van der Waals surface area contributed by atoms with Crippen LogP contribution in [0.1, 0.15) is 13.8 Å². The molecule has 3 N–H and O–H groups in total. The molecule has 1 rings (SSSR count). The number of likely N-dealkylation sites (N-methyl/N-ethyl adjacent to an activating group) is 1.